The van der Waals surface area contributed by atoms with Crippen molar-refractivity contribution < 1.29 is 19.4 Å². The van der Waals surface area contributed by atoms with Crippen LogP contribution in [0.5, 0.6) is 5.75 Å². The molecule has 2 N–H and O–H groups in total. The van der Waals surface area contributed by atoms with E-state index >= 15 is 0 Å². The highest BCUT2D eigenvalue weighted by Crippen LogP contribution is 2.33. The summed E-state index contributed by atoms with van der Waals surface area (Å²) in [6.45, 7) is 3.44. The van der Waals surface area contributed by atoms with Crippen molar-refractivity contribution in [3.63, 3.8) is 0 Å². The lowest BCUT2D eigenvalue weighted by Gasteiger charge is -2.14. The Morgan fingerprint density at radius 3 is 2.62 bits per heavy atom. The molecule has 2 rings (SSSR count). The Bertz CT molecular complexity index is 549. The number of rotatable bonds is 7. The molecule has 0 spiro atoms. The van der Waals surface area contributed by atoms with E-state index in [0.29, 0.717) is 23.8 Å². The Hall–Kier alpha value is -2.05. The van der Waals surface area contributed by atoms with Crippen molar-refractivity contribution in [1.82, 2.24) is 15.1 Å². The van der Waals surface area contributed by atoms with Gasteiger partial charge in [-0.1, -0.05) is 12.8 Å². The number of aliphatic carboxylic acids is 1. The molecule has 1 aromatic rings. The number of nitrogens with one attached hydrogen (secondary N) is 1. The molecule has 1 unspecified atom stereocenters. The van der Waals surface area contributed by atoms with Gasteiger partial charge in [-0.15, -0.1) is 0 Å². The molecule has 0 aliphatic heterocycles. The highest BCUT2D eigenvalue weighted by molar-refractivity contribution is 5.84. The van der Waals surface area contributed by atoms with Gasteiger partial charge in [-0.25, -0.2) is 4.79 Å². The van der Waals surface area contributed by atoms with Gasteiger partial charge in [-0.05, 0) is 26.2 Å². The second-order valence-corrected chi connectivity index (χ2v) is 5.55. The molecule has 7 nitrogen and oxygen atoms in total. The third kappa shape index (κ3) is 3.96. The summed E-state index contributed by atoms with van der Waals surface area (Å²) in [7, 11) is 1.80. The molecule has 1 aliphatic rings. The van der Waals surface area contributed by atoms with Crippen LogP contribution in [0.2, 0.25) is 0 Å². The molecule has 1 aromatic heterocycles. The number of carboxylic acid groups (broad SMARTS) is 1. The fourth-order valence-corrected chi connectivity index (χ4v) is 2.25. The van der Waals surface area contributed by atoms with Crippen molar-refractivity contribution in [1.29, 1.82) is 0 Å². The monoisotopic (exact) mass is 295 g/mol. The molecule has 1 fully saturated rings. The average molecular weight is 295 g/mol. The summed E-state index contributed by atoms with van der Waals surface area (Å²) >= 11 is 0. The van der Waals surface area contributed by atoms with Crippen molar-refractivity contribution in [2.45, 2.75) is 39.2 Å². The maximum Gasteiger partial charge on any atom is 0.326 e. The molecule has 21 heavy (non-hydrogen) atoms. The molecule has 0 saturated heterocycles. The van der Waals surface area contributed by atoms with Gasteiger partial charge in [0, 0.05) is 7.05 Å². The van der Waals surface area contributed by atoms with Crippen LogP contribution >= 0.6 is 0 Å². The van der Waals surface area contributed by atoms with Crippen molar-refractivity contribution in [3.8, 4) is 5.75 Å². The molecule has 0 aromatic carbocycles. The van der Waals surface area contributed by atoms with E-state index in [1.807, 2.05) is 6.92 Å². The molecular formula is C14H21N3O4. The number of carboxylic acids is 1. The van der Waals surface area contributed by atoms with E-state index in [1.165, 1.54) is 0 Å². The summed E-state index contributed by atoms with van der Waals surface area (Å²) in [5, 5.41) is 15.8. The maximum absolute atomic E-state index is 11.8. The molecular weight excluding hydrogens is 274 g/mol. The first kappa shape index (κ1) is 15.3. The van der Waals surface area contributed by atoms with Crippen LogP contribution in [0.25, 0.3) is 0 Å². The SMILES string of the molecule is Cc1nn(C)c(C)c1OCC(=O)NC(CC1CC1)C(=O)O. The van der Waals surface area contributed by atoms with Gasteiger partial charge in [0.2, 0.25) is 0 Å². The first-order valence-electron chi connectivity index (χ1n) is 7.03. The summed E-state index contributed by atoms with van der Waals surface area (Å²) in [5.74, 6) is -0.424. The van der Waals surface area contributed by atoms with Crippen LogP contribution in [0.3, 0.4) is 0 Å². The fraction of sp³-hybridized carbons (Fsp3) is 0.643. The number of amides is 1. The number of aryl methyl sites for hydroxylation is 2. The standard InChI is InChI=1S/C14H21N3O4/c1-8-13(9(2)17(3)16-8)21-7-12(18)15-11(14(19)20)6-10-4-5-10/h10-11H,4-7H2,1-3H3,(H,15,18)(H,19,20). The zero-order valence-corrected chi connectivity index (χ0v) is 12.5. The molecule has 0 radical (unpaired) electrons. The van der Waals surface area contributed by atoms with E-state index in [4.69, 9.17) is 9.84 Å². The van der Waals surface area contributed by atoms with Gasteiger partial charge < -0.3 is 15.2 Å². The highest BCUT2D eigenvalue weighted by atomic mass is 16.5. The number of carbonyl (C=O) groups excluding carboxylic acids is 1. The second kappa shape index (κ2) is 6.15. The number of nitrogens with zero attached hydrogens (tertiary/aromatic N) is 2. The second-order valence-electron chi connectivity index (χ2n) is 5.55. The summed E-state index contributed by atoms with van der Waals surface area (Å²) < 4.78 is 7.14. The molecule has 1 saturated carbocycles. The third-order valence-corrected chi connectivity index (χ3v) is 3.69. The van der Waals surface area contributed by atoms with Crippen LogP contribution in [0.15, 0.2) is 0 Å². The zero-order chi connectivity index (χ0) is 15.6. The molecule has 1 amide bonds. The smallest absolute Gasteiger partial charge is 0.326 e. The minimum atomic E-state index is -0.996. The Labute approximate surface area is 123 Å². The lowest BCUT2D eigenvalue weighted by atomic mass is 10.1. The van der Waals surface area contributed by atoms with E-state index in [-0.39, 0.29) is 6.61 Å². The number of aromatic nitrogens is 2. The van der Waals surface area contributed by atoms with E-state index in [2.05, 4.69) is 10.4 Å². The van der Waals surface area contributed by atoms with Gasteiger partial charge in [0.1, 0.15) is 11.7 Å². The summed E-state index contributed by atoms with van der Waals surface area (Å²) in [5.41, 5.74) is 1.53. The minimum absolute atomic E-state index is 0.207. The largest absolute Gasteiger partial charge is 0.480 e. The first-order chi connectivity index (χ1) is 9.88. The van der Waals surface area contributed by atoms with Gasteiger partial charge in [-0.2, -0.15) is 5.10 Å². The Morgan fingerprint density at radius 1 is 1.48 bits per heavy atom. The van der Waals surface area contributed by atoms with Crippen LogP contribution in [0.4, 0.5) is 0 Å². The van der Waals surface area contributed by atoms with Crippen LogP contribution in [-0.2, 0) is 16.6 Å². The van der Waals surface area contributed by atoms with E-state index in [0.717, 1.165) is 18.5 Å². The van der Waals surface area contributed by atoms with Crippen molar-refractivity contribution in [2.75, 3.05) is 6.61 Å². The van der Waals surface area contributed by atoms with Gasteiger partial charge in [0.05, 0.1) is 5.69 Å². The number of ether oxygens (including phenoxy) is 1. The fourth-order valence-electron chi connectivity index (χ4n) is 2.25. The minimum Gasteiger partial charge on any atom is -0.480 e. The summed E-state index contributed by atoms with van der Waals surface area (Å²) in [6.07, 6.45) is 2.58. The molecule has 0 bridgehead atoms. The maximum atomic E-state index is 11.8. The van der Waals surface area contributed by atoms with Gasteiger partial charge in [-0.3, -0.25) is 9.48 Å². The summed E-state index contributed by atoms with van der Waals surface area (Å²) in [4.78, 5) is 23.0. The van der Waals surface area contributed by atoms with Crippen LogP contribution in [0.1, 0.15) is 30.7 Å². The van der Waals surface area contributed by atoms with E-state index in [9.17, 15) is 9.59 Å². The predicted molar refractivity (Wildman–Crippen MR) is 75.1 cm³/mol. The van der Waals surface area contributed by atoms with Gasteiger partial charge in [0.25, 0.3) is 5.91 Å². The molecule has 116 valence electrons. The normalized spacial score (nSPS) is 15.6. The molecule has 1 aliphatic carbocycles. The van der Waals surface area contributed by atoms with Crippen molar-refractivity contribution in [2.24, 2.45) is 13.0 Å². The quantitative estimate of drug-likeness (QED) is 0.775. The topological polar surface area (TPSA) is 93.5 Å². The predicted octanol–water partition coefficient (Wildman–Crippen LogP) is 0.785. The number of carbonyl (C=O) groups is 2. The van der Waals surface area contributed by atoms with Crippen molar-refractivity contribution >= 4 is 11.9 Å². The number of hydrogen-bond donors (Lipinski definition) is 2. The van der Waals surface area contributed by atoms with Crippen LogP contribution in [0, 0.1) is 19.8 Å². The van der Waals surface area contributed by atoms with Gasteiger partial charge in [0.15, 0.2) is 12.4 Å². The number of hydrogen-bond acceptors (Lipinski definition) is 4. The molecule has 7 heteroatoms. The molecule has 1 atom stereocenters. The Kier molecular flexibility index (Phi) is 4.50. The lowest BCUT2D eigenvalue weighted by molar-refractivity contribution is -0.142. The lowest BCUT2D eigenvalue weighted by Crippen LogP contribution is -2.43. The molecule has 1 heterocycles. The van der Waals surface area contributed by atoms with Crippen LogP contribution in [-0.4, -0.2) is 39.4 Å². The Balaban J connectivity index is 1.87. The highest BCUT2D eigenvalue weighted by Gasteiger charge is 2.30. The van der Waals surface area contributed by atoms with Crippen molar-refractivity contribution in [3.05, 3.63) is 11.4 Å². The average Bonchev–Trinajstić information content (AvgIpc) is 3.17. The first-order valence-corrected chi connectivity index (χ1v) is 7.03. The van der Waals surface area contributed by atoms with Crippen LogP contribution < -0.4 is 10.1 Å². The summed E-state index contributed by atoms with van der Waals surface area (Å²) in [6, 6.07) is -0.829. The third-order valence-electron chi connectivity index (χ3n) is 3.69. The van der Waals surface area contributed by atoms with E-state index in [1.54, 1.807) is 18.7 Å². The Morgan fingerprint density at radius 2 is 2.14 bits per heavy atom. The zero-order valence-electron chi connectivity index (χ0n) is 12.5. The van der Waals surface area contributed by atoms with Gasteiger partial charge >= 0.3 is 5.97 Å². The van der Waals surface area contributed by atoms with E-state index < -0.39 is 17.9 Å².